The Morgan fingerprint density at radius 2 is 2.30 bits per heavy atom. The molecule has 1 atom stereocenters. The predicted octanol–water partition coefficient (Wildman–Crippen LogP) is 1.16. The van der Waals surface area contributed by atoms with Crippen molar-refractivity contribution in [1.29, 1.82) is 0 Å². The summed E-state index contributed by atoms with van der Waals surface area (Å²) in [7, 11) is 0. The van der Waals surface area contributed by atoms with E-state index in [9.17, 15) is 9.59 Å². The molecule has 0 saturated carbocycles. The van der Waals surface area contributed by atoms with E-state index in [0.29, 0.717) is 18.7 Å². The van der Waals surface area contributed by atoms with E-state index >= 15 is 0 Å². The fourth-order valence-electron chi connectivity index (χ4n) is 2.58. The first-order valence-electron chi connectivity index (χ1n) is 7.79. The zero-order valence-corrected chi connectivity index (χ0v) is 13.6. The van der Waals surface area contributed by atoms with E-state index in [0.717, 1.165) is 29.6 Å². The van der Waals surface area contributed by atoms with Gasteiger partial charge in [0.25, 0.3) is 0 Å². The molecule has 1 saturated heterocycles. The normalized spacial score (nSPS) is 18.4. The van der Waals surface area contributed by atoms with Crippen molar-refractivity contribution in [3.8, 4) is 0 Å². The van der Waals surface area contributed by atoms with Crippen LogP contribution < -0.4 is 10.6 Å². The Kier molecular flexibility index (Phi) is 5.17. The summed E-state index contributed by atoms with van der Waals surface area (Å²) >= 11 is 1.64. The summed E-state index contributed by atoms with van der Waals surface area (Å²) in [5, 5.41) is 11.2. The van der Waals surface area contributed by atoms with E-state index in [2.05, 4.69) is 15.7 Å². The summed E-state index contributed by atoms with van der Waals surface area (Å²) < 4.78 is 1.95. The van der Waals surface area contributed by atoms with E-state index in [4.69, 9.17) is 0 Å². The fraction of sp³-hybridized carbons (Fsp3) is 0.438. The maximum absolute atomic E-state index is 12.1. The number of aromatic nitrogens is 2. The lowest BCUT2D eigenvalue weighted by Gasteiger charge is -2.15. The van der Waals surface area contributed by atoms with Gasteiger partial charge in [-0.15, -0.1) is 0 Å². The highest BCUT2D eigenvalue weighted by Gasteiger charge is 2.22. The van der Waals surface area contributed by atoms with Gasteiger partial charge >= 0.3 is 0 Å². The Bertz CT molecular complexity index is 700. The Morgan fingerprint density at radius 3 is 3.22 bits per heavy atom. The molecule has 0 radical (unpaired) electrons. The number of nitrogens with zero attached hydrogens (tertiary/aromatic N) is 2. The van der Waals surface area contributed by atoms with Crippen molar-refractivity contribution in [2.24, 2.45) is 0 Å². The summed E-state index contributed by atoms with van der Waals surface area (Å²) in [4.78, 5) is 23.6. The van der Waals surface area contributed by atoms with Gasteiger partial charge in [-0.05, 0) is 12.5 Å². The van der Waals surface area contributed by atoms with Crippen LogP contribution in [0.5, 0.6) is 0 Å². The molecular formula is C16H20N4O2S. The summed E-state index contributed by atoms with van der Waals surface area (Å²) in [6, 6.07) is 7.65. The Labute approximate surface area is 139 Å². The van der Waals surface area contributed by atoms with Crippen molar-refractivity contribution >= 4 is 34.5 Å². The van der Waals surface area contributed by atoms with Crippen molar-refractivity contribution in [1.82, 2.24) is 20.4 Å². The molecule has 1 fully saturated rings. The first kappa shape index (κ1) is 15.9. The number of amides is 2. The molecule has 2 heterocycles. The second-order valence-electron chi connectivity index (χ2n) is 5.52. The molecule has 0 spiro atoms. The maximum atomic E-state index is 12.1. The highest BCUT2D eigenvalue weighted by molar-refractivity contribution is 7.99. The van der Waals surface area contributed by atoms with E-state index in [1.165, 1.54) is 0 Å². The molecule has 6 nitrogen and oxygen atoms in total. The highest BCUT2D eigenvalue weighted by atomic mass is 32.2. The first-order chi connectivity index (χ1) is 11.2. The van der Waals surface area contributed by atoms with Gasteiger partial charge < -0.3 is 10.6 Å². The summed E-state index contributed by atoms with van der Waals surface area (Å²) in [5.74, 6) is 1.28. The number of hydrogen-bond acceptors (Lipinski definition) is 4. The minimum Gasteiger partial charge on any atom is -0.354 e. The monoisotopic (exact) mass is 332 g/mol. The van der Waals surface area contributed by atoms with E-state index < -0.39 is 6.04 Å². The fourth-order valence-corrected chi connectivity index (χ4v) is 3.55. The van der Waals surface area contributed by atoms with Crippen LogP contribution in [0.3, 0.4) is 0 Å². The number of thioether (sulfide) groups is 1. The van der Waals surface area contributed by atoms with Crippen LogP contribution in [0.1, 0.15) is 12.8 Å². The van der Waals surface area contributed by atoms with Crippen molar-refractivity contribution in [2.75, 3.05) is 18.1 Å². The standard InChI is InChI=1S/C16H20N4O2S/c21-15-6-9-23-11-13(19-15)16(22)17-7-3-8-20-14-5-2-1-4-12(14)10-18-20/h1-2,4-5,10,13H,3,6-9,11H2,(H,17,22)(H,19,21)/t13-/m1/s1. The average Bonchev–Trinajstić information content (AvgIpc) is 2.84. The SMILES string of the molecule is O=C1CCSC[C@H](C(=O)NCCCn2ncc3ccccc32)N1. The number of rotatable bonds is 5. The van der Waals surface area contributed by atoms with Crippen LogP contribution in [-0.4, -0.2) is 45.7 Å². The van der Waals surface area contributed by atoms with Gasteiger partial charge in [0.15, 0.2) is 0 Å². The third-order valence-corrected chi connectivity index (χ3v) is 4.87. The van der Waals surface area contributed by atoms with Crippen LogP contribution in [0.15, 0.2) is 30.5 Å². The lowest BCUT2D eigenvalue weighted by Crippen LogP contribution is -2.47. The van der Waals surface area contributed by atoms with Gasteiger partial charge in [0.2, 0.25) is 11.8 Å². The molecule has 2 aromatic rings. The molecule has 2 N–H and O–H groups in total. The van der Waals surface area contributed by atoms with Gasteiger partial charge in [-0.1, -0.05) is 18.2 Å². The minimum atomic E-state index is -0.416. The van der Waals surface area contributed by atoms with Crippen molar-refractivity contribution in [3.63, 3.8) is 0 Å². The maximum Gasteiger partial charge on any atom is 0.243 e. The number of aryl methyl sites for hydroxylation is 1. The van der Waals surface area contributed by atoms with Gasteiger partial charge in [0.1, 0.15) is 6.04 Å². The molecule has 3 rings (SSSR count). The zero-order chi connectivity index (χ0) is 16.1. The summed E-state index contributed by atoms with van der Waals surface area (Å²) in [6.07, 6.45) is 3.14. The molecule has 122 valence electrons. The molecule has 7 heteroatoms. The number of benzene rings is 1. The summed E-state index contributed by atoms with van der Waals surface area (Å²) in [5.41, 5.74) is 1.10. The van der Waals surface area contributed by atoms with Crippen molar-refractivity contribution < 1.29 is 9.59 Å². The number of nitrogens with one attached hydrogen (secondary N) is 2. The number of fused-ring (bicyclic) bond motifs is 1. The molecular weight excluding hydrogens is 312 g/mol. The van der Waals surface area contributed by atoms with Crippen LogP contribution in [0.4, 0.5) is 0 Å². The Hall–Kier alpha value is -2.02. The third-order valence-electron chi connectivity index (χ3n) is 3.81. The number of para-hydroxylation sites is 1. The van der Waals surface area contributed by atoms with Gasteiger partial charge in [-0.3, -0.25) is 14.3 Å². The smallest absolute Gasteiger partial charge is 0.243 e. The molecule has 2 amide bonds. The largest absolute Gasteiger partial charge is 0.354 e. The highest BCUT2D eigenvalue weighted by Crippen LogP contribution is 2.13. The Morgan fingerprint density at radius 1 is 1.43 bits per heavy atom. The molecule has 0 bridgehead atoms. The lowest BCUT2D eigenvalue weighted by atomic mass is 10.2. The van der Waals surface area contributed by atoms with Gasteiger partial charge in [0.05, 0.1) is 11.7 Å². The van der Waals surface area contributed by atoms with Crippen molar-refractivity contribution in [2.45, 2.75) is 25.4 Å². The molecule has 1 aliphatic rings. The lowest BCUT2D eigenvalue weighted by molar-refractivity contribution is -0.128. The second-order valence-corrected chi connectivity index (χ2v) is 6.67. The third kappa shape index (κ3) is 4.04. The van der Waals surface area contributed by atoms with Gasteiger partial charge in [-0.25, -0.2) is 0 Å². The first-order valence-corrected chi connectivity index (χ1v) is 8.95. The van der Waals surface area contributed by atoms with Gasteiger partial charge in [-0.2, -0.15) is 16.9 Å². The van der Waals surface area contributed by atoms with Crippen molar-refractivity contribution in [3.05, 3.63) is 30.5 Å². The minimum absolute atomic E-state index is 0.0434. The van der Waals surface area contributed by atoms with Crippen LogP contribution in [-0.2, 0) is 16.1 Å². The predicted molar refractivity (Wildman–Crippen MR) is 91.2 cm³/mol. The number of carbonyl (C=O) groups is 2. The topological polar surface area (TPSA) is 76.0 Å². The molecule has 1 aliphatic heterocycles. The van der Waals surface area contributed by atoms with E-state index in [1.54, 1.807) is 11.8 Å². The second kappa shape index (κ2) is 7.50. The van der Waals surface area contributed by atoms with Crippen LogP contribution in [0.25, 0.3) is 10.9 Å². The van der Waals surface area contributed by atoms with Gasteiger partial charge in [0, 0.05) is 36.4 Å². The average molecular weight is 332 g/mol. The zero-order valence-electron chi connectivity index (χ0n) is 12.8. The van der Waals surface area contributed by atoms with Crippen LogP contribution in [0.2, 0.25) is 0 Å². The quantitative estimate of drug-likeness (QED) is 0.806. The molecule has 0 aliphatic carbocycles. The Balaban J connectivity index is 1.46. The number of hydrogen-bond donors (Lipinski definition) is 2. The van der Waals surface area contributed by atoms with Crippen LogP contribution in [0, 0.1) is 0 Å². The number of carbonyl (C=O) groups excluding carboxylic acids is 2. The molecule has 1 aromatic carbocycles. The van der Waals surface area contributed by atoms with E-state index in [-0.39, 0.29) is 11.8 Å². The summed E-state index contributed by atoms with van der Waals surface area (Å²) in [6.45, 7) is 1.32. The molecule has 23 heavy (non-hydrogen) atoms. The molecule has 0 unspecified atom stereocenters. The molecule has 1 aromatic heterocycles. The van der Waals surface area contributed by atoms with E-state index in [1.807, 2.05) is 35.1 Å². The van der Waals surface area contributed by atoms with Crippen LogP contribution >= 0.6 is 11.8 Å².